The summed E-state index contributed by atoms with van der Waals surface area (Å²) in [5.41, 5.74) is 9.43. The molecule has 2 N–H and O–H groups in total. The van der Waals surface area contributed by atoms with Gasteiger partial charge in [0.2, 0.25) is 0 Å². The standard InChI is InChI=1S/C8H10BN3O2/c10-12-11-5-4-7-2-1-3-8(6-7)9(13)14/h1-3,6,13-14H,4-5H2. The Morgan fingerprint density at radius 3 is 2.86 bits per heavy atom. The first-order chi connectivity index (χ1) is 6.74. The van der Waals surface area contributed by atoms with Crippen molar-refractivity contribution >= 4 is 12.6 Å². The van der Waals surface area contributed by atoms with Gasteiger partial charge in [0.1, 0.15) is 0 Å². The van der Waals surface area contributed by atoms with Crippen molar-refractivity contribution in [2.24, 2.45) is 5.11 Å². The molecule has 1 rings (SSSR count). The van der Waals surface area contributed by atoms with E-state index in [1.54, 1.807) is 18.2 Å². The zero-order valence-electron chi connectivity index (χ0n) is 7.54. The molecule has 0 aliphatic heterocycles. The molecule has 0 spiro atoms. The molecule has 0 aliphatic rings. The third-order valence-corrected chi connectivity index (χ3v) is 1.81. The maximum absolute atomic E-state index is 8.89. The fourth-order valence-corrected chi connectivity index (χ4v) is 1.13. The van der Waals surface area contributed by atoms with E-state index in [1.807, 2.05) is 6.07 Å². The molecule has 5 nitrogen and oxygen atoms in total. The average Bonchev–Trinajstić information content (AvgIpc) is 2.19. The van der Waals surface area contributed by atoms with Gasteiger partial charge < -0.3 is 10.0 Å². The van der Waals surface area contributed by atoms with Crippen molar-refractivity contribution in [2.75, 3.05) is 6.54 Å². The Morgan fingerprint density at radius 1 is 1.43 bits per heavy atom. The van der Waals surface area contributed by atoms with Crippen molar-refractivity contribution in [1.82, 2.24) is 0 Å². The van der Waals surface area contributed by atoms with Crippen LogP contribution in [0.15, 0.2) is 29.4 Å². The number of azide groups is 1. The van der Waals surface area contributed by atoms with Crippen LogP contribution in [0.4, 0.5) is 0 Å². The van der Waals surface area contributed by atoms with Crippen LogP contribution >= 0.6 is 0 Å². The van der Waals surface area contributed by atoms with E-state index >= 15 is 0 Å². The molecule has 0 amide bonds. The summed E-state index contributed by atoms with van der Waals surface area (Å²) in [5, 5.41) is 21.2. The summed E-state index contributed by atoms with van der Waals surface area (Å²) in [7, 11) is -1.45. The van der Waals surface area contributed by atoms with E-state index in [-0.39, 0.29) is 0 Å². The maximum atomic E-state index is 8.89. The lowest BCUT2D eigenvalue weighted by molar-refractivity contribution is 0.425. The number of rotatable bonds is 4. The van der Waals surface area contributed by atoms with Crippen LogP contribution in [0.1, 0.15) is 5.56 Å². The van der Waals surface area contributed by atoms with Gasteiger partial charge in [0.15, 0.2) is 0 Å². The lowest BCUT2D eigenvalue weighted by atomic mass is 9.79. The molecular weight excluding hydrogens is 181 g/mol. The average molecular weight is 191 g/mol. The summed E-state index contributed by atoms with van der Waals surface area (Å²) in [6.07, 6.45) is 0.602. The minimum absolute atomic E-state index is 0.376. The van der Waals surface area contributed by atoms with Crippen LogP contribution in [-0.4, -0.2) is 23.7 Å². The first kappa shape index (κ1) is 10.6. The van der Waals surface area contributed by atoms with Crippen LogP contribution in [0.3, 0.4) is 0 Å². The van der Waals surface area contributed by atoms with E-state index < -0.39 is 7.12 Å². The van der Waals surface area contributed by atoms with Gasteiger partial charge >= 0.3 is 7.12 Å². The van der Waals surface area contributed by atoms with E-state index in [1.165, 1.54) is 0 Å². The minimum atomic E-state index is -1.45. The first-order valence-corrected chi connectivity index (χ1v) is 4.20. The topological polar surface area (TPSA) is 89.2 Å². The fraction of sp³-hybridized carbons (Fsp3) is 0.250. The van der Waals surface area contributed by atoms with Crippen LogP contribution in [0.5, 0.6) is 0 Å². The Bertz CT molecular complexity index is 350. The summed E-state index contributed by atoms with van der Waals surface area (Å²) in [6.45, 7) is 0.376. The van der Waals surface area contributed by atoms with Gasteiger partial charge in [-0.3, -0.25) is 0 Å². The van der Waals surface area contributed by atoms with E-state index in [0.29, 0.717) is 18.4 Å². The SMILES string of the molecule is [N-]=[N+]=NCCc1cccc(B(O)O)c1. The molecule has 0 saturated heterocycles. The molecule has 0 radical (unpaired) electrons. The summed E-state index contributed by atoms with van der Waals surface area (Å²) in [5.74, 6) is 0. The van der Waals surface area contributed by atoms with Gasteiger partial charge in [0.25, 0.3) is 0 Å². The summed E-state index contributed by atoms with van der Waals surface area (Å²) >= 11 is 0. The number of hydrogen-bond acceptors (Lipinski definition) is 3. The molecule has 0 atom stereocenters. The predicted octanol–water partition coefficient (Wildman–Crippen LogP) is 0.219. The van der Waals surface area contributed by atoms with Gasteiger partial charge in [-0.05, 0) is 23.0 Å². The smallest absolute Gasteiger partial charge is 0.423 e. The van der Waals surface area contributed by atoms with Gasteiger partial charge in [0, 0.05) is 11.5 Å². The molecule has 0 aromatic heterocycles. The second-order valence-corrected chi connectivity index (χ2v) is 2.82. The van der Waals surface area contributed by atoms with Crippen LogP contribution in [0, 0.1) is 0 Å². The van der Waals surface area contributed by atoms with Crippen molar-refractivity contribution in [2.45, 2.75) is 6.42 Å². The van der Waals surface area contributed by atoms with Crippen molar-refractivity contribution in [3.63, 3.8) is 0 Å². The number of nitrogens with zero attached hydrogens (tertiary/aromatic N) is 3. The van der Waals surface area contributed by atoms with E-state index in [0.717, 1.165) is 5.56 Å². The molecule has 0 unspecified atom stereocenters. The van der Waals surface area contributed by atoms with Gasteiger partial charge in [-0.15, -0.1) is 0 Å². The highest BCUT2D eigenvalue weighted by Crippen LogP contribution is 1.98. The van der Waals surface area contributed by atoms with Gasteiger partial charge in [-0.25, -0.2) is 0 Å². The molecule has 1 aromatic rings. The Kier molecular flexibility index (Phi) is 4.00. The zero-order valence-corrected chi connectivity index (χ0v) is 7.54. The highest BCUT2D eigenvalue weighted by atomic mass is 16.4. The van der Waals surface area contributed by atoms with Crippen molar-refractivity contribution < 1.29 is 10.0 Å². The monoisotopic (exact) mass is 191 g/mol. The largest absolute Gasteiger partial charge is 0.488 e. The van der Waals surface area contributed by atoms with Crippen LogP contribution in [0.2, 0.25) is 0 Å². The van der Waals surface area contributed by atoms with Gasteiger partial charge in [0.05, 0.1) is 0 Å². The minimum Gasteiger partial charge on any atom is -0.423 e. The number of hydrogen-bond donors (Lipinski definition) is 2. The van der Waals surface area contributed by atoms with Crippen molar-refractivity contribution in [1.29, 1.82) is 0 Å². The molecule has 0 bridgehead atoms. The van der Waals surface area contributed by atoms with Crippen LogP contribution < -0.4 is 5.46 Å². The molecule has 6 heteroatoms. The van der Waals surface area contributed by atoms with Crippen molar-refractivity contribution in [3.8, 4) is 0 Å². The predicted molar refractivity (Wildman–Crippen MR) is 54.0 cm³/mol. The maximum Gasteiger partial charge on any atom is 0.488 e. The second-order valence-electron chi connectivity index (χ2n) is 2.82. The lowest BCUT2D eigenvalue weighted by Crippen LogP contribution is -2.29. The lowest BCUT2D eigenvalue weighted by Gasteiger charge is -2.02. The summed E-state index contributed by atoms with van der Waals surface area (Å²) < 4.78 is 0. The third kappa shape index (κ3) is 3.10. The molecule has 0 saturated carbocycles. The molecule has 14 heavy (non-hydrogen) atoms. The van der Waals surface area contributed by atoms with Gasteiger partial charge in [-0.2, -0.15) is 0 Å². The Morgan fingerprint density at radius 2 is 2.21 bits per heavy atom. The summed E-state index contributed by atoms with van der Waals surface area (Å²) in [6, 6.07) is 6.89. The Labute approximate surface area is 81.8 Å². The fourth-order valence-electron chi connectivity index (χ4n) is 1.13. The highest BCUT2D eigenvalue weighted by molar-refractivity contribution is 6.58. The van der Waals surface area contributed by atoms with E-state index in [2.05, 4.69) is 10.0 Å². The third-order valence-electron chi connectivity index (χ3n) is 1.81. The zero-order chi connectivity index (χ0) is 10.4. The van der Waals surface area contributed by atoms with Crippen LogP contribution in [-0.2, 0) is 6.42 Å². The molecule has 72 valence electrons. The Hall–Kier alpha value is -1.49. The highest BCUT2D eigenvalue weighted by Gasteiger charge is 2.09. The molecule has 0 heterocycles. The quantitative estimate of drug-likeness (QED) is 0.308. The molecule has 1 aromatic carbocycles. The Balaban J connectivity index is 2.68. The first-order valence-electron chi connectivity index (χ1n) is 4.20. The van der Waals surface area contributed by atoms with Crippen molar-refractivity contribution in [3.05, 3.63) is 40.3 Å². The second kappa shape index (κ2) is 5.29. The molecule has 0 aliphatic carbocycles. The van der Waals surface area contributed by atoms with Gasteiger partial charge in [-0.1, -0.05) is 29.4 Å². The van der Waals surface area contributed by atoms with E-state index in [9.17, 15) is 0 Å². The van der Waals surface area contributed by atoms with E-state index in [4.69, 9.17) is 15.6 Å². The van der Waals surface area contributed by atoms with Crippen LogP contribution in [0.25, 0.3) is 10.4 Å². The molecular formula is C8H10BN3O2. The number of benzene rings is 1. The normalized spacial score (nSPS) is 9.29. The molecule has 0 fully saturated rings. The summed E-state index contributed by atoms with van der Waals surface area (Å²) in [4.78, 5) is 2.63.